The fraction of sp³-hybridized carbons (Fsp3) is 0.333. The van der Waals surface area contributed by atoms with E-state index in [2.05, 4.69) is 4.98 Å². The van der Waals surface area contributed by atoms with Gasteiger partial charge in [-0.2, -0.15) is 5.26 Å². The summed E-state index contributed by atoms with van der Waals surface area (Å²) in [5.41, 5.74) is 0.834. The lowest BCUT2D eigenvalue weighted by molar-refractivity contribution is 0.0474. The molecule has 0 saturated carbocycles. The van der Waals surface area contributed by atoms with Crippen LogP contribution in [0.15, 0.2) is 23.0 Å². The van der Waals surface area contributed by atoms with E-state index in [-0.39, 0.29) is 23.3 Å². The minimum Gasteiger partial charge on any atom is -0.457 e. The molecule has 0 fully saturated rings. The Morgan fingerprint density at radius 1 is 1.38 bits per heavy atom. The first kappa shape index (κ1) is 19.3. The van der Waals surface area contributed by atoms with Crippen molar-refractivity contribution < 1.29 is 13.9 Å². The normalized spacial score (nSPS) is 13.6. The van der Waals surface area contributed by atoms with E-state index in [1.165, 1.54) is 18.2 Å². The average Bonchev–Trinajstić information content (AvgIpc) is 2.89. The quantitative estimate of drug-likeness (QED) is 0.611. The molecule has 0 unspecified atom stereocenters. The lowest BCUT2D eigenvalue weighted by Gasteiger charge is -2.08. The molecule has 2 aromatic heterocycles. The van der Waals surface area contributed by atoms with Gasteiger partial charge in [-0.3, -0.25) is 9.36 Å². The third kappa shape index (κ3) is 3.54. The molecule has 0 radical (unpaired) electrons. The van der Waals surface area contributed by atoms with Gasteiger partial charge < -0.3 is 4.74 Å². The van der Waals surface area contributed by atoms with Crippen molar-refractivity contribution in [3.05, 3.63) is 61.8 Å². The number of nitrogens with zero attached hydrogens (tertiary/aromatic N) is 3. The number of esters is 1. The predicted molar refractivity (Wildman–Crippen MR) is 106 cm³/mol. The van der Waals surface area contributed by atoms with E-state index >= 15 is 0 Å². The molecule has 0 aliphatic carbocycles. The molecule has 0 atom stereocenters. The van der Waals surface area contributed by atoms with Gasteiger partial charge in [-0.1, -0.05) is 6.42 Å². The number of carbonyl (C=O) groups excluding carboxylic acids is 1. The van der Waals surface area contributed by atoms with Crippen LogP contribution in [0.3, 0.4) is 0 Å². The molecule has 1 aliphatic rings. The molecule has 6 nitrogen and oxygen atoms in total. The van der Waals surface area contributed by atoms with Crippen molar-refractivity contribution in [1.29, 1.82) is 5.26 Å². The van der Waals surface area contributed by atoms with Crippen LogP contribution in [0.4, 0.5) is 4.39 Å². The van der Waals surface area contributed by atoms with Crippen LogP contribution in [0.1, 0.15) is 51.4 Å². The average molecular weight is 411 g/mol. The molecule has 3 aromatic rings. The highest BCUT2D eigenvalue weighted by Crippen LogP contribution is 2.29. The molecule has 0 spiro atoms. The number of nitriles is 1. The molecular weight excluding hydrogens is 393 g/mol. The number of rotatable bonds is 3. The number of halogens is 1. The number of thiophene rings is 1. The summed E-state index contributed by atoms with van der Waals surface area (Å²) in [5.74, 6) is -0.420. The standard InChI is InChI=1S/C21H18FN3O3S/c1-12-17-19(24-16-5-3-2-4-8-25(16)20(17)26)29-18(12)21(27)28-11-14-9-13(10-23)6-7-15(14)22/h6-7,9H,2-5,8,11H2,1H3. The Hall–Kier alpha value is -3.05. The van der Waals surface area contributed by atoms with E-state index in [4.69, 9.17) is 10.00 Å². The lowest BCUT2D eigenvalue weighted by Crippen LogP contribution is -2.24. The number of aromatic nitrogens is 2. The van der Waals surface area contributed by atoms with Gasteiger partial charge in [0.25, 0.3) is 5.56 Å². The van der Waals surface area contributed by atoms with E-state index in [0.29, 0.717) is 27.2 Å². The minimum atomic E-state index is -0.633. The highest BCUT2D eigenvalue weighted by atomic mass is 32.1. The molecule has 3 heterocycles. The van der Waals surface area contributed by atoms with Crippen molar-refractivity contribution in [2.75, 3.05) is 0 Å². The highest BCUT2D eigenvalue weighted by Gasteiger charge is 2.23. The first-order valence-corrected chi connectivity index (χ1v) is 10.2. The summed E-state index contributed by atoms with van der Waals surface area (Å²) >= 11 is 1.13. The van der Waals surface area contributed by atoms with Crippen LogP contribution < -0.4 is 5.56 Å². The summed E-state index contributed by atoms with van der Waals surface area (Å²) in [6, 6.07) is 5.81. The van der Waals surface area contributed by atoms with E-state index in [1.54, 1.807) is 11.5 Å². The van der Waals surface area contributed by atoms with Gasteiger partial charge in [0.1, 0.15) is 28.0 Å². The SMILES string of the molecule is Cc1c(C(=O)OCc2cc(C#N)ccc2F)sc2nc3n(c(=O)c12)CCCCC3. The fourth-order valence-corrected chi connectivity index (χ4v) is 4.65. The second kappa shape index (κ2) is 7.76. The van der Waals surface area contributed by atoms with E-state index in [1.807, 2.05) is 6.07 Å². The fourth-order valence-electron chi connectivity index (χ4n) is 3.57. The molecule has 0 amide bonds. The molecule has 8 heteroatoms. The number of carbonyl (C=O) groups is 1. The second-order valence-corrected chi connectivity index (χ2v) is 8.03. The summed E-state index contributed by atoms with van der Waals surface area (Å²) < 4.78 is 20.9. The first-order valence-electron chi connectivity index (χ1n) is 9.38. The number of aryl methyl sites for hydroxylation is 2. The molecule has 0 N–H and O–H groups in total. The Kier molecular flexibility index (Phi) is 5.16. The molecule has 0 saturated heterocycles. The Morgan fingerprint density at radius 2 is 2.21 bits per heavy atom. The summed E-state index contributed by atoms with van der Waals surface area (Å²) in [5, 5.41) is 9.39. The molecule has 1 aliphatic heterocycles. The van der Waals surface area contributed by atoms with Crippen LogP contribution >= 0.6 is 11.3 Å². The number of ether oxygens (including phenoxy) is 1. The maximum Gasteiger partial charge on any atom is 0.349 e. The van der Waals surface area contributed by atoms with E-state index in [9.17, 15) is 14.0 Å². The number of hydrogen-bond donors (Lipinski definition) is 0. The summed E-state index contributed by atoms with van der Waals surface area (Å²) in [7, 11) is 0. The number of fused-ring (bicyclic) bond motifs is 2. The largest absolute Gasteiger partial charge is 0.457 e. The van der Waals surface area contributed by atoms with Gasteiger partial charge in [0.15, 0.2) is 0 Å². The molecule has 1 aromatic carbocycles. The Labute approximate surface area is 170 Å². The zero-order chi connectivity index (χ0) is 20.5. The third-order valence-corrected chi connectivity index (χ3v) is 6.30. The minimum absolute atomic E-state index is 0.118. The summed E-state index contributed by atoms with van der Waals surface area (Å²) in [6.45, 7) is 2.05. The highest BCUT2D eigenvalue weighted by molar-refractivity contribution is 7.20. The smallest absolute Gasteiger partial charge is 0.349 e. The van der Waals surface area contributed by atoms with Gasteiger partial charge in [0.05, 0.1) is 17.0 Å². The van der Waals surface area contributed by atoms with Crippen molar-refractivity contribution in [1.82, 2.24) is 9.55 Å². The van der Waals surface area contributed by atoms with Gasteiger partial charge in [-0.15, -0.1) is 11.3 Å². The lowest BCUT2D eigenvalue weighted by atomic mass is 10.1. The van der Waals surface area contributed by atoms with Crippen molar-refractivity contribution >= 4 is 27.5 Å². The first-order chi connectivity index (χ1) is 14.0. The van der Waals surface area contributed by atoms with Gasteiger partial charge in [0, 0.05) is 18.5 Å². The van der Waals surface area contributed by atoms with Crippen molar-refractivity contribution in [2.45, 2.75) is 45.8 Å². The van der Waals surface area contributed by atoms with Crippen LogP contribution in [0.25, 0.3) is 10.2 Å². The second-order valence-electron chi connectivity index (χ2n) is 7.03. The van der Waals surface area contributed by atoms with Crippen LogP contribution in [0.2, 0.25) is 0 Å². The summed E-state index contributed by atoms with van der Waals surface area (Å²) in [4.78, 5) is 31.1. The van der Waals surface area contributed by atoms with Gasteiger partial charge in [-0.25, -0.2) is 14.2 Å². The Morgan fingerprint density at radius 3 is 3.00 bits per heavy atom. The predicted octanol–water partition coefficient (Wildman–Crippen LogP) is 3.86. The maximum absolute atomic E-state index is 13.9. The zero-order valence-electron chi connectivity index (χ0n) is 15.8. The molecule has 148 valence electrons. The van der Waals surface area contributed by atoms with E-state index < -0.39 is 11.8 Å². The molecule has 4 rings (SSSR count). The Balaban J connectivity index is 1.65. The van der Waals surface area contributed by atoms with Crippen molar-refractivity contribution in [3.63, 3.8) is 0 Å². The number of hydrogen-bond acceptors (Lipinski definition) is 6. The molecule has 29 heavy (non-hydrogen) atoms. The zero-order valence-corrected chi connectivity index (χ0v) is 16.6. The van der Waals surface area contributed by atoms with Crippen LogP contribution in [-0.4, -0.2) is 15.5 Å². The van der Waals surface area contributed by atoms with Crippen LogP contribution in [0, 0.1) is 24.1 Å². The molecule has 0 bridgehead atoms. The topological polar surface area (TPSA) is 85.0 Å². The van der Waals surface area contributed by atoms with Gasteiger partial charge in [-0.05, 0) is 43.5 Å². The third-order valence-electron chi connectivity index (χ3n) is 5.13. The molecular formula is C21H18FN3O3S. The monoisotopic (exact) mass is 411 g/mol. The number of benzene rings is 1. The van der Waals surface area contributed by atoms with Gasteiger partial charge >= 0.3 is 5.97 Å². The van der Waals surface area contributed by atoms with Gasteiger partial charge in [0.2, 0.25) is 0 Å². The van der Waals surface area contributed by atoms with Crippen LogP contribution in [0.5, 0.6) is 0 Å². The van der Waals surface area contributed by atoms with E-state index in [0.717, 1.165) is 42.8 Å². The van der Waals surface area contributed by atoms with Crippen LogP contribution in [-0.2, 0) is 24.3 Å². The summed E-state index contributed by atoms with van der Waals surface area (Å²) in [6.07, 6.45) is 3.74. The maximum atomic E-state index is 13.9. The Bertz CT molecular complexity index is 1220. The van der Waals surface area contributed by atoms with Crippen molar-refractivity contribution in [2.24, 2.45) is 0 Å². The van der Waals surface area contributed by atoms with Crippen molar-refractivity contribution in [3.8, 4) is 6.07 Å².